The normalized spacial score (nSPS) is 39.1. The van der Waals surface area contributed by atoms with Gasteiger partial charge in [0.25, 0.3) is 0 Å². The number of aromatic carboxylic acids is 1. The van der Waals surface area contributed by atoms with E-state index in [0.29, 0.717) is 11.5 Å². The monoisotopic (exact) mass is 404 g/mol. The lowest BCUT2D eigenvalue weighted by Gasteiger charge is -2.69. The van der Waals surface area contributed by atoms with Crippen LogP contribution in [-0.4, -0.2) is 20.6 Å². The highest BCUT2D eigenvalue weighted by Gasteiger charge is 2.63. The van der Waals surface area contributed by atoms with Gasteiger partial charge in [0, 0.05) is 5.69 Å². The minimum absolute atomic E-state index is 0.112. The first-order chi connectivity index (χ1) is 14.5. The average Bonchev–Trinajstić information content (AvgIpc) is 3.06. The number of para-hydroxylation sites is 1. The van der Waals surface area contributed by atoms with E-state index in [-0.39, 0.29) is 5.69 Å². The van der Waals surface area contributed by atoms with Crippen LogP contribution in [0, 0.1) is 61.2 Å². The first kappa shape index (κ1) is 18.7. The zero-order valence-electron chi connectivity index (χ0n) is 18.0. The maximum Gasteiger partial charge on any atom is 0.356 e. The van der Waals surface area contributed by atoms with Gasteiger partial charge in [-0.2, -0.15) is 0 Å². The first-order valence-electron chi connectivity index (χ1n) is 11.9. The summed E-state index contributed by atoms with van der Waals surface area (Å²) in [6.07, 6.45) is 9.93. The highest BCUT2D eigenvalue weighted by Crippen LogP contribution is 2.71. The summed E-state index contributed by atoms with van der Waals surface area (Å²) in [5.74, 6) is 9.43. The van der Waals surface area contributed by atoms with E-state index in [1.54, 1.807) is 52.4 Å². The van der Waals surface area contributed by atoms with Gasteiger partial charge in [0.15, 0.2) is 5.69 Å². The standard InChI is InChI=1S/C14H20.C12H12N2O2/c1-7-2-12-10-4-8-5-11(9(1)10)13(3-7)14(12)6-8;1-8-11(12(15)16)13-9(2)14(8)10-6-4-3-5-7-10/h7-14H,1-6H2;3-7H,1-2H3,(H,15,16). The summed E-state index contributed by atoms with van der Waals surface area (Å²) in [6.45, 7) is 3.56. The molecule has 7 saturated carbocycles. The lowest BCUT2D eigenvalue weighted by molar-refractivity contribution is -0.202. The Morgan fingerprint density at radius 1 is 0.833 bits per heavy atom. The topological polar surface area (TPSA) is 55.1 Å². The molecular formula is C26H32N2O2. The fourth-order valence-electron chi connectivity index (χ4n) is 8.69. The van der Waals surface area contributed by atoms with Gasteiger partial charge in [0.05, 0.1) is 5.69 Å². The minimum atomic E-state index is -0.990. The van der Waals surface area contributed by atoms with Crippen LogP contribution in [0.2, 0.25) is 0 Å². The largest absolute Gasteiger partial charge is 0.476 e. The number of aryl methyl sites for hydroxylation is 1. The van der Waals surface area contributed by atoms with Gasteiger partial charge in [-0.05, 0) is 112 Å². The number of hydrogen-bond donors (Lipinski definition) is 1. The van der Waals surface area contributed by atoms with Crippen molar-refractivity contribution in [2.24, 2.45) is 47.3 Å². The summed E-state index contributed by atoms with van der Waals surface area (Å²) in [6, 6.07) is 9.59. The van der Waals surface area contributed by atoms with E-state index in [2.05, 4.69) is 4.98 Å². The van der Waals surface area contributed by atoms with Crippen molar-refractivity contribution in [1.29, 1.82) is 0 Å². The number of nitrogens with zero attached hydrogens (tertiary/aromatic N) is 2. The summed E-state index contributed by atoms with van der Waals surface area (Å²) in [5, 5.41) is 8.97. The highest BCUT2D eigenvalue weighted by molar-refractivity contribution is 5.87. The maximum atomic E-state index is 10.9. The van der Waals surface area contributed by atoms with Crippen LogP contribution in [0.4, 0.5) is 0 Å². The molecule has 1 aromatic heterocycles. The Morgan fingerprint density at radius 2 is 1.27 bits per heavy atom. The highest BCUT2D eigenvalue weighted by atomic mass is 16.4. The van der Waals surface area contributed by atoms with Gasteiger partial charge < -0.3 is 9.67 Å². The van der Waals surface area contributed by atoms with Crippen molar-refractivity contribution >= 4 is 5.97 Å². The molecule has 0 aliphatic heterocycles. The molecule has 2 aromatic rings. The molecule has 0 atom stereocenters. The van der Waals surface area contributed by atoms with E-state index in [1.165, 1.54) is 47.3 Å². The van der Waals surface area contributed by atoms with E-state index in [1.807, 2.05) is 34.9 Å². The van der Waals surface area contributed by atoms with E-state index in [0.717, 1.165) is 5.69 Å². The molecule has 4 nitrogen and oxygen atoms in total. The number of carboxylic acids is 1. The molecule has 0 amide bonds. The lowest BCUT2D eigenvalue weighted by Crippen LogP contribution is -2.62. The van der Waals surface area contributed by atoms with Crippen molar-refractivity contribution in [2.45, 2.75) is 52.4 Å². The quantitative estimate of drug-likeness (QED) is 0.718. The van der Waals surface area contributed by atoms with Crippen LogP contribution in [0.25, 0.3) is 5.69 Å². The predicted molar refractivity (Wildman–Crippen MR) is 116 cm³/mol. The van der Waals surface area contributed by atoms with Crippen LogP contribution in [0.1, 0.15) is 60.5 Å². The fraction of sp³-hybridized carbons (Fsp3) is 0.615. The predicted octanol–water partition coefficient (Wildman–Crippen LogP) is 5.51. The van der Waals surface area contributed by atoms with Gasteiger partial charge in [-0.3, -0.25) is 0 Å². The molecule has 7 fully saturated rings. The Kier molecular flexibility index (Phi) is 4.16. The van der Waals surface area contributed by atoms with E-state index >= 15 is 0 Å². The van der Waals surface area contributed by atoms with Crippen molar-refractivity contribution in [3.63, 3.8) is 0 Å². The molecule has 8 bridgehead atoms. The van der Waals surface area contributed by atoms with Crippen LogP contribution in [0.15, 0.2) is 30.3 Å². The number of carbonyl (C=O) groups is 1. The maximum absolute atomic E-state index is 10.9. The third-order valence-corrected chi connectivity index (χ3v) is 9.42. The molecule has 9 rings (SSSR count). The molecule has 7 aliphatic carbocycles. The third-order valence-electron chi connectivity index (χ3n) is 9.42. The van der Waals surface area contributed by atoms with Crippen LogP contribution in [0.5, 0.6) is 0 Å². The summed E-state index contributed by atoms with van der Waals surface area (Å²) in [7, 11) is 0. The van der Waals surface area contributed by atoms with Crippen LogP contribution in [-0.2, 0) is 0 Å². The molecule has 1 aromatic carbocycles. The molecule has 0 spiro atoms. The Hall–Kier alpha value is -2.10. The number of rotatable bonds is 2. The van der Waals surface area contributed by atoms with Gasteiger partial charge in [0.1, 0.15) is 5.82 Å². The number of imidazole rings is 1. The van der Waals surface area contributed by atoms with Crippen LogP contribution < -0.4 is 0 Å². The number of carboxylic acid groups (broad SMARTS) is 1. The fourth-order valence-corrected chi connectivity index (χ4v) is 8.69. The molecular weight excluding hydrogens is 372 g/mol. The molecule has 158 valence electrons. The zero-order valence-corrected chi connectivity index (χ0v) is 18.0. The molecule has 4 heteroatoms. The first-order valence-corrected chi connectivity index (χ1v) is 11.9. The van der Waals surface area contributed by atoms with Gasteiger partial charge in [-0.1, -0.05) is 18.2 Å². The Labute approximate surface area is 178 Å². The Morgan fingerprint density at radius 3 is 1.63 bits per heavy atom. The average molecular weight is 405 g/mol. The Balaban J connectivity index is 0.000000117. The number of hydrogen-bond acceptors (Lipinski definition) is 2. The molecule has 0 saturated heterocycles. The number of aromatic nitrogens is 2. The molecule has 1 N–H and O–H groups in total. The summed E-state index contributed by atoms with van der Waals surface area (Å²) < 4.78 is 1.84. The van der Waals surface area contributed by atoms with E-state index in [4.69, 9.17) is 5.11 Å². The second-order valence-electron chi connectivity index (χ2n) is 10.7. The van der Waals surface area contributed by atoms with Crippen LogP contribution in [0.3, 0.4) is 0 Å². The molecule has 30 heavy (non-hydrogen) atoms. The van der Waals surface area contributed by atoms with Crippen molar-refractivity contribution in [3.8, 4) is 5.69 Å². The van der Waals surface area contributed by atoms with Crippen molar-refractivity contribution in [2.75, 3.05) is 0 Å². The Bertz CT molecular complexity index is 891. The van der Waals surface area contributed by atoms with Crippen molar-refractivity contribution in [3.05, 3.63) is 47.5 Å². The molecule has 0 radical (unpaired) electrons. The second kappa shape index (κ2) is 6.70. The summed E-state index contributed by atoms with van der Waals surface area (Å²) in [4.78, 5) is 15.0. The molecule has 1 heterocycles. The van der Waals surface area contributed by atoms with Gasteiger partial charge >= 0.3 is 5.97 Å². The van der Waals surface area contributed by atoms with Crippen molar-refractivity contribution < 1.29 is 9.90 Å². The smallest absolute Gasteiger partial charge is 0.356 e. The molecule has 0 unspecified atom stereocenters. The molecule has 7 aliphatic rings. The van der Waals surface area contributed by atoms with Gasteiger partial charge in [0.2, 0.25) is 0 Å². The van der Waals surface area contributed by atoms with Gasteiger partial charge in [-0.15, -0.1) is 0 Å². The van der Waals surface area contributed by atoms with Gasteiger partial charge in [-0.25, -0.2) is 9.78 Å². The summed E-state index contributed by atoms with van der Waals surface area (Å²) >= 11 is 0. The van der Waals surface area contributed by atoms with Crippen molar-refractivity contribution in [1.82, 2.24) is 9.55 Å². The lowest BCUT2D eigenvalue weighted by atomic mass is 9.36. The number of benzene rings is 1. The minimum Gasteiger partial charge on any atom is -0.476 e. The second-order valence-corrected chi connectivity index (χ2v) is 10.7. The summed E-state index contributed by atoms with van der Waals surface area (Å²) in [5.41, 5.74) is 1.69. The van der Waals surface area contributed by atoms with Crippen LogP contribution >= 0.6 is 0 Å². The third kappa shape index (κ3) is 2.65. The van der Waals surface area contributed by atoms with E-state index < -0.39 is 5.97 Å². The SMILES string of the molecule is C1C2CC3C4CC5CC(C14)C(C2)C3C5.Cc1nc(C(=O)O)c(C)n1-c1ccccc1. The van der Waals surface area contributed by atoms with E-state index in [9.17, 15) is 4.79 Å². The zero-order chi connectivity index (χ0) is 20.6.